The van der Waals surface area contributed by atoms with Gasteiger partial charge in [0.05, 0.1) is 56.5 Å². The van der Waals surface area contributed by atoms with E-state index in [0.717, 1.165) is 122 Å². The third-order valence-electron chi connectivity index (χ3n) is 15.9. The Kier molecular flexibility index (Phi) is 11.7. The summed E-state index contributed by atoms with van der Waals surface area (Å²) in [5, 5.41) is 16.1. The van der Waals surface area contributed by atoms with Crippen molar-refractivity contribution in [3.05, 3.63) is 277 Å². The third-order valence-corrected chi connectivity index (χ3v) is 15.9. The van der Waals surface area contributed by atoms with Crippen molar-refractivity contribution in [1.29, 1.82) is 5.26 Å². The number of hydrogen-bond donors (Lipinski definition) is 0. The molecule has 11 aromatic carbocycles. The number of aromatic nitrogens is 4. The van der Waals surface area contributed by atoms with Crippen molar-refractivity contribution in [2.75, 3.05) is 0 Å². The maximum atomic E-state index is 11.6. The Labute approximate surface area is 465 Å². The van der Waals surface area contributed by atoms with E-state index < -0.39 is 0 Å². The molecular formula is C75H53N5. The van der Waals surface area contributed by atoms with E-state index in [0.29, 0.717) is 17.0 Å². The first-order chi connectivity index (χ1) is 39.2. The standard InChI is InChI=1S/C75H53N5/c1-47-15-23-51(24-16-47)57-31-35-69-63(39-57)64-40-58(52-25-17-48(2)18-26-52)32-36-70(64)79(69)73-43-61(46-76)62(75-77-67(55-11-7-5-8-12-55)45-68(78-75)56-13-9-6-10-14-56)44-74(73)80-71-37-33-59(53-27-19-49(3)20-28-53)41-65(71)66-42-60(34-38-72(66)80)54-29-21-50(4)22-30-54/h5-45H,1-4H3. The van der Waals surface area contributed by atoms with Crippen molar-refractivity contribution >= 4 is 43.6 Å². The molecule has 0 fully saturated rings. The highest BCUT2D eigenvalue weighted by molar-refractivity contribution is 6.14. The topological polar surface area (TPSA) is 59.4 Å². The fourth-order valence-electron chi connectivity index (χ4n) is 11.6. The number of nitriles is 1. The largest absolute Gasteiger partial charge is 0.307 e. The van der Waals surface area contributed by atoms with Gasteiger partial charge in [0.1, 0.15) is 0 Å². The number of aryl methyl sites for hydroxylation is 4. The Balaban J connectivity index is 1.10. The highest BCUT2D eigenvalue weighted by Crippen LogP contribution is 2.44. The highest BCUT2D eigenvalue weighted by atomic mass is 15.1. The molecule has 14 rings (SSSR count). The summed E-state index contributed by atoms with van der Waals surface area (Å²) in [5.41, 5.74) is 24.4. The average Bonchev–Trinajstić information content (AvgIpc) is 4.17. The van der Waals surface area contributed by atoms with E-state index in [-0.39, 0.29) is 0 Å². The maximum Gasteiger partial charge on any atom is 0.161 e. The van der Waals surface area contributed by atoms with Gasteiger partial charge in [0, 0.05) is 38.2 Å². The summed E-state index contributed by atoms with van der Waals surface area (Å²) >= 11 is 0. The van der Waals surface area contributed by atoms with Crippen LogP contribution in [0.5, 0.6) is 0 Å². The van der Waals surface area contributed by atoms with Crippen molar-refractivity contribution in [2.45, 2.75) is 27.7 Å². The van der Waals surface area contributed by atoms with Gasteiger partial charge in [-0.2, -0.15) is 5.26 Å². The summed E-state index contributed by atoms with van der Waals surface area (Å²) in [4.78, 5) is 10.7. The second kappa shape index (κ2) is 19.6. The summed E-state index contributed by atoms with van der Waals surface area (Å²) in [7, 11) is 0. The average molecular weight is 1020 g/mol. The summed E-state index contributed by atoms with van der Waals surface area (Å²) in [6, 6.07) is 91.9. The maximum absolute atomic E-state index is 11.6. The number of nitrogens with zero attached hydrogens (tertiary/aromatic N) is 5. The molecule has 0 saturated carbocycles. The van der Waals surface area contributed by atoms with E-state index in [1.54, 1.807) is 0 Å². The zero-order valence-corrected chi connectivity index (χ0v) is 44.9. The van der Waals surface area contributed by atoms with Gasteiger partial charge in [-0.3, -0.25) is 0 Å². The zero-order chi connectivity index (χ0) is 54.0. The Morgan fingerprint density at radius 3 is 0.912 bits per heavy atom. The van der Waals surface area contributed by atoms with Gasteiger partial charge in [0.15, 0.2) is 5.82 Å². The SMILES string of the molecule is Cc1ccc(-c2ccc3c(c2)c2cc(-c4ccc(C)cc4)ccc2n3-c2cc(C#N)c(-c3nc(-c4ccccc4)cc(-c4ccccc4)n3)cc2-n2c3ccc(-c4ccc(C)cc4)cc3c3cc(-c4ccc(C)cc4)ccc32)cc1. The molecule has 0 saturated heterocycles. The summed E-state index contributed by atoms with van der Waals surface area (Å²) in [5.74, 6) is 0.464. The smallest absolute Gasteiger partial charge is 0.161 e. The van der Waals surface area contributed by atoms with Crippen LogP contribution in [0.25, 0.3) is 133 Å². The second-order valence-electron chi connectivity index (χ2n) is 21.3. The van der Waals surface area contributed by atoms with Gasteiger partial charge < -0.3 is 9.13 Å². The van der Waals surface area contributed by atoms with Crippen molar-refractivity contribution in [1.82, 2.24) is 19.1 Å². The van der Waals surface area contributed by atoms with Crippen LogP contribution in [0.4, 0.5) is 0 Å². The molecular weight excluding hydrogens is 971 g/mol. The molecule has 14 aromatic rings. The highest BCUT2D eigenvalue weighted by Gasteiger charge is 2.25. The fourth-order valence-corrected chi connectivity index (χ4v) is 11.6. The molecule has 3 heterocycles. The van der Waals surface area contributed by atoms with Gasteiger partial charge in [-0.05, 0) is 139 Å². The van der Waals surface area contributed by atoms with Crippen LogP contribution in [-0.4, -0.2) is 19.1 Å². The van der Waals surface area contributed by atoms with Crippen LogP contribution < -0.4 is 0 Å². The Morgan fingerprint density at radius 1 is 0.300 bits per heavy atom. The van der Waals surface area contributed by atoms with Crippen LogP contribution in [-0.2, 0) is 0 Å². The molecule has 0 unspecified atom stereocenters. The molecule has 378 valence electrons. The van der Waals surface area contributed by atoms with Crippen LogP contribution in [0.15, 0.2) is 249 Å². The Bertz CT molecular complexity index is 4490. The van der Waals surface area contributed by atoms with E-state index in [9.17, 15) is 5.26 Å². The molecule has 0 aliphatic rings. The summed E-state index contributed by atoms with van der Waals surface area (Å²) < 4.78 is 4.78. The van der Waals surface area contributed by atoms with Crippen molar-refractivity contribution < 1.29 is 0 Å². The first kappa shape index (κ1) is 48.0. The third kappa shape index (κ3) is 8.52. The Morgan fingerprint density at radius 2 is 0.600 bits per heavy atom. The number of hydrogen-bond acceptors (Lipinski definition) is 3. The summed E-state index contributed by atoms with van der Waals surface area (Å²) in [6.07, 6.45) is 0. The van der Waals surface area contributed by atoms with E-state index in [1.807, 2.05) is 42.5 Å². The van der Waals surface area contributed by atoms with Crippen LogP contribution in [0.3, 0.4) is 0 Å². The van der Waals surface area contributed by atoms with E-state index in [1.165, 1.54) is 22.3 Å². The van der Waals surface area contributed by atoms with Crippen LogP contribution in [0.2, 0.25) is 0 Å². The molecule has 5 heteroatoms. The van der Waals surface area contributed by atoms with Gasteiger partial charge in [0.25, 0.3) is 0 Å². The normalized spacial score (nSPS) is 11.5. The van der Waals surface area contributed by atoms with Gasteiger partial charge >= 0.3 is 0 Å². The van der Waals surface area contributed by atoms with Gasteiger partial charge in [-0.1, -0.05) is 204 Å². The van der Waals surface area contributed by atoms with Crippen molar-refractivity contribution in [2.24, 2.45) is 0 Å². The van der Waals surface area contributed by atoms with Gasteiger partial charge in [0.2, 0.25) is 0 Å². The van der Waals surface area contributed by atoms with Crippen molar-refractivity contribution in [3.63, 3.8) is 0 Å². The first-order valence-corrected chi connectivity index (χ1v) is 27.3. The molecule has 0 aliphatic carbocycles. The van der Waals surface area contributed by atoms with Crippen molar-refractivity contribution in [3.8, 4) is 95.9 Å². The van der Waals surface area contributed by atoms with Crippen LogP contribution in [0, 0.1) is 39.0 Å². The predicted molar refractivity (Wildman–Crippen MR) is 332 cm³/mol. The first-order valence-electron chi connectivity index (χ1n) is 27.3. The monoisotopic (exact) mass is 1020 g/mol. The minimum absolute atomic E-state index is 0.458. The van der Waals surface area contributed by atoms with Crippen LogP contribution >= 0.6 is 0 Å². The lowest BCUT2D eigenvalue weighted by molar-refractivity contribution is 1.09. The number of fused-ring (bicyclic) bond motifs is 6. The summed E-state index contributed by atoms with van der Waals surface area (Å²) in [6.45, 7) is 8.52. The molecule has 5 nitrogen and oxygen atoms in total. The molecule has 0 bridgehead atoms. The molecule has 0 atom stereocenters. The zero-order valence-electron chi connectivity index (χ0n) is 44.9. The number of rotatable bonds is 9. The predicted octanol–water partition coefficient (Wildman–Crippen LogP) is 19.4. The minimum atomic E-state index is 0.458. The lowest BCUT2D eigenvalue weighted by atomic mass is 9.99. The molecule has 0 N–H and O–H groups in total. The molecule has 0 aliphatic heterocycles. The molecule has 3 aromatic heterocycles. The molecule has 0 radical (unpaired) electrons. The molecule has 80 heavy (non-hydrogen) atoms. The molecule has 0 amide bonds. The number of benzene rings is 11. The van der Waals surface area contributed by atoms with Crippen LogP contribution in [0.1, 0.15) is 27.8 Å². The quantitative estimate of drug-likeness (QED) is 0.145. The second-order valence-corrected chi connectivity index (χ2v) is 21.3. The molecule has 0 spiro atoms. The lowest BCUT2D eigenvalue weighted by Crippen LogP contribution is -2.06. The fraction of sp³-hybridized carbons (Fsp3) is 0.0533. The lowest BCUT2D eigenvalue weighted by Gasteiger charge is -2.20. The van der Waals surface area contributed by atoms with E-state index in [4.69, 9.17) is 9.97 Å². The van der Waals surface area contributed by atoms with Gasteiger partial charge in [-0.25, -0.2) is 9.97 Å². The Hall–Kier alpha value is -10.4. The van der Waals surface area contributed by atoms with E-state index >= 15 is 0 Å². The minimum Gasteiger partial charge on any atom is -0.307 e. The van der Waals surface area contributed by atoms with Gasteiger partial charge in [-0.15, -0.1) is 0 Å². The van der Waals surface area contributed by atoms with E-state index in [2.05, 4.69) is 249 Å².